The third-order valence-electron chi connectivity index (χ3n) is 7.75. The summed E-state index contributed by atoms with van der Waals surface area (Å²) in [5.41, 5.74) is 13.2. The zero-order valence-corrected chi connectivity index (χ0v) is 27.8. The largest absolute Gasteiger partial charge is 0.419 e. The average molecular weight is 734 g/mol. The first-order valence-electron chi connectivity index (χ1n) is 14.9. The van der Waals surface area contributed by atoms with Crippen molar-refractivity contribution in [1.82, 2.24) is 43.5 Å². The van der Waals surface area contributed by atoms with Crippen molar-refractivity contribution in [3.63, 3.8) is 0 Å². The number of fused-ring (bicyclic) bond motifs is 2. The van der Waals surface area contributed by atoms with Gasteiger partial charge in [0.05, 0.1) is 32.0 Å². The Morgan fingerprint density at radius 2 is 1.49 bits per heavy atom. The number of aromatic nitrogens is 8. The number of nitrogen functional groups attached to an aromatic ring is 2. The molecule has 2 aliphatic rings. The van der Waals surface area contributed by atoms with Gasteiger partial charge in [-0.15, -0.1) is 4.49 Å². The Bertz CT molecular complexity index is 1940. The molecule has 2 fully saturated rings. The van der Waals surface area contributed by atoms with Crippen molar-refractivity contribution in [1.29, 1.82) is 0 Å². The Balaban J connectivity index is 1.24. The molecule has 0 spiro atoms. The van der Waals surface area contributed by atoms with Gasteiger partial charge in [0.15, 0.2) is 22.9 Å². The monoisotopic (exact) mass is 733 g/mol. The Kier molecular flexibility index (Phi) is 10.3. The fourth-order valence-electron chi connectivity index (χ4n) is 5.67. The lowest BCUT2D eigenvalue weighted by Gasteiger charge is -2.26. The molecule has 4 aromatic rings. The predicted molar refractivity (Wildman–Crippen MR) is 165 cm³/mol. The lowest BCUT2D eigenvalue weighted by Crippen LogP contribution is -2.35. The van der Waals surface area contributed by atoms with Gasteiger partial charge >= 0.3 is 7.75 Å². The lowest BCUT2D eigenvalue weighted by atomic mass is 10.2. The van der Waals surface area contributed by atoms with E-state index >= 15 is 0 Å². The highest BCUT2D eigenvalue weighted by Gasteiger charge is 2.46. The first-order valence-corrected chi connectivity index (χ1v) is 18.1. The third kappa shape index (κ3) is 7.64. The second-order valence-electron chi connectivity index (χ2n) is 11.0. The van der Waals surface area contributed by atoms with Gasteiger partial charge in [-0.3, -0.25) is 18.2 Å². The van der Waals surface area contributed by atoms with Crippen LogP contribution in [-0.4, -0.2) is 111 Å². The minimum Gasteiger partial charge on any atom is -0.382 e. The third-order valence-corrected chi connectivity index (χ3v) is 11.5. The quantitative estimate of drug-likeness (QED) is 0.145. The van der Waals surface area contributed by atoms with Gasteiger partial charge in [0, 0.05) is 26.6 Å². The van der Waals surface area contributed by atoms with Crippen LogP contribution in [0.3, 0.4) is 0 Å². The van der Waals surface area contributed by atoms with E-state index in [0.29, 0.717) is 22.3 Å². The molecule has 0 bridgehead atoms. The fourth-order valence-corrected chi connectivity index (χ4v) is 9.03. The van der Waals surface area contributed by atoms with Crippen LogP contribution in [0.5, 0.6) is 0 Å². The zero-order chi connectivity index (χ0) is 34.9. The van der Waals surface area contributed by atoms with Crippen molar-refractivity contribution in [3.8, 4) is 0 Å². The molecule has 0 aliphatic carbocycles. The summed E-state index contributed by atoms with van der Waals surface area (Å²) in [4.78, 5) is 24.8. The van der Waals surface area contributed by atoms with Gasteiger partial charge in [-0.05, 0) is 6.92 Å². The van der Waals surface area contributed by atoms with E-state index in [0.717, 1.165) is 0 Å². The number of hydrogen-bond acceptors (Lipinski definition) is 17. The molecule has 7 atom stereocenters. The number of alkyl halides is 2. The number of hydrogen-bond donors (Lipinski definition) is 3. The molecule has 6 rings (SSSR count). The van der Waals surface area contributed by atoms with E-state index in [1.807, 2.05) is 0 Å². The molecule has 20 nitrogen and oxygen atoms in total. The van der Waals surface area contributed by atoms with E-state index in [9.17, 15) is 21.8 Å². The van der Waals surface area contributed by atoms with Crippen LogP contribution in [0.15, 0.2) is 25.3 Å². The van der Waals surface area contributed by atoms with Gasteiger partial charge in [-0.25, -0.2) is 51.7 Å². The van der Waals surface area contributed by atoms with Crippen LogP contribution < -0.4 is 16.0 Å². The molecular formula is C25H34F2N11O9PS. The highest BCUT2D eigenvalue weighted by atomic mass is 32.2. The van der Waals surface area contributed by atoms with Crippen LogP contribution in [-0.2, 0) is 42.6 Å². The molecule has 49 heavy (non-hydrogen) atoms. The lowest BCUT2D eigenvalue weighted by molar-refractivity contribution is -0.0624. The number of sulfonamides is 1. The van der Waals surface area contributed by atoms with Gasteiger partial charge in [-0.1, -0.05) is 0 Å². The van der Waals surface area contributed by atoms with E-state index in [1.165, 1.54) is 32.4 Å². The van der Waals surface area contributed by atoms with Gasteiger partial charge in [0.1, 0.15) is 60.2 Å². The van der Waals surface area contributed by atoms with Gasteiger partial charge in [-0.2, -0.15) is 0 Å². The van der Waals surface area contributed by atoms with Gasteiger partial charge < -0.3 is 30.4 Å². The molecule has 5 N–H and O–H groups in total. The van der Waals surface area contributed by atoms with Crippen LogP contribution in [0.1, 0.15) is 32.2 Å². The van der Waals surface area contributed by atoms with Crippen molar-refractivity contribution in [2.75, 3.05) is 44.2 Å². The summed E-state index contributed by atoms with van der Waals surface area (Å²) in [6.07, 6.45) is -2.78. The summed E-state index contributed by atoms with van der Waals surface area (Å²) in [6.45, 7) is 1.41. The average Bonchev–Trinajstić information content (AvgIpc) is 3.82. The minimum atomic E-state index is -4.96. The second-order valence-corrected chi connectivity index (χ2v) is 14.8. The molecule has 0 amide bonds. The molecular weight excluding hydrogens is 699 g/mol. The number of anilines is 2. The Morgan fingerprint density at radius 1 is 0.939 bits per heavy atom. The number of nitrogens with zero attached hydrogens (tertiary/aromatic N) is 8. The molecule has 0 aromatic carbocycles. The maximum absolute atomic E-state index is 14.2. The van der Waals surface area contributed by atoms with Crippen molar-refractivity contribution < 1.29 is 49.8 Å². The normalized spacial score (nSPS) is 25.9. The summed E-state index contributed by atoms with van der Waals surface area (Å²) < 4.78 is 106. The summed E-state index contributed by atoms with van der Waals surface area (Å²) in [7, 11) is -8.46. The van der Waals surface area contributed by atoms with E-state index in [-0.39, 0.29) is 37.7 Å². The van der Waals surface area contributed by atoms with Crippen LogP contribution >= 0.6 is 7.75 Å². The fraction of sp³-hybridized carbons (Fsp3) is 0.600. The number of halogens is 2. The van der Waals surface area contributed by atoms with Crippen molar-refractivity contribution >= 4 is 51.7 Å². The maximum Gasteiger partial charge on any atom is 0.419 e. The molecule has 3 unspecified atom stereocenters. The summed E-state index contributed by atoms with van der Waals surface area (Å²) in [6, 6.07) is 0. The van der Waals surface area contributed by atoms with E-state index in [4.69, 9.17) is 39.5 Å². The van der Waals surface area contributed by atoms with Crippen LogP contribution in [0.25, 0.3) is 22.3 Å². The van der Waals surface area contributed by atoms with E-state index in [1.54, 1.807) is 20.6 Å². The molecule has 24 heteroatoms. The number of nitrogens with one attached hydrogen (secondary N) is 1. The predicted octanol–water partition coefficient (Wildman–Crippen LogP) is 1.15. The molecule has 6 heterocycles. The highest BCUT2D eigenvalue weighted by molar-refractivity contribution is 7.94. The number of imidazole rings is 2. The summed E-state index contributed by atoms with van der Waals surface area (Å²) >= 11 is 0. The van der Waals surface area contributed by atoms with Gasteiger partial charge in [0.2, 0.25) is 10.0 Å². The van der Waals surface area contributed by atoms with Crippen molar-refractivity contribution in [2.45, 2.75) is 63.1 Å². The number of ether oxygens (including phenoxy) is 4. The molecule has 0 saturated carbocycles. The summed E-state index contributed by atoms with van der Waals surface area (Å²) in [5, 5.41) is 0. The molecule has 268 valence electrons. The number of methoxy groups -OCH3 is 1. The second kappa shape index (κ2) is 14.4. The zero-order valence-electron chi connectivity index (χ0n) is 26.1. The van der Waals surface area contributed by atoms with E-state index in [2.05, 4.69) is 29.9 Å². The Hall–Kier alpha value is -3.54. The molecule has 0 radical (unpaired) electrons. The molecule has 2 aliphatic heterocycles. The maximum atomic E-state index is 14.2. The van der Waals surface area contributed by atoms with Crippen molar-refractivity contribution in [2.24, 2.45) is 0 Å². The standard InChI is InChI=1S/C25H34F2N11O9PS/c1-3-43-13-4-18(37-11-34-20-22(28)30-9-32-24(20)37)46-16(13)7-44-48(39,36-49(40,41)8-17(26)27)47-14-5-19(45-15(14)6-42-2)38-12-35-21-23(29)31-10-33-25(21)38/h9-19H,3-8H2,1-2H3,(H,36,39)(H2,28,30,32)(H2,29,31,33)/t13-,14-,15?,16?,18-,19-,48?/m1/s1. The topological polar surface area (TPSA) is 258 Å². The van der Waals surface area contributed by atoms with Crippen LogP contribution in [0.4, 0.5) is 20.4 Å². The summed E-state index contributed by atoms with van der Waals surface area (Å²) in [5.74, 6) is -1.35. The first-order chi connectivity index (χ1) is 23.4. The number of rotatable bonds is 15. The highest BCUT2D eigenvalue weighted by Crippen LogP contribution is 2.50. The Labute approximate surface area is 277 Å². The SMILES string of the molecule is CCO[C@@H]1C[C@H](n2cnc3c(N)ncnc32)OC1COP(=O)(NS(=O)(=O)CC(F)F)O[C@@H]1C[C@H](n2cnc3c(N)ncnc32)OC1COC. The smallest absolute Gasteiger partial charge is 0.382 e. The van der Waals surface area contributed by atoms with Crippen LogP contribution in [0, 0.1) is 0 Å². The van der Waals surface area contributed by atoms with E-state index < -0.39 is 73.4 Å². The van der Waals surface area contributed by atoms with Crippen LogP contribution in [0.2, 0.25) is 0 Å². The number of nitrogens with two attached hydrogens (primary N) is 2. The first kappa shape index (κ1) is 35.3. The van der Waals surface area contributed by atoms with Crippen molar-refractivity contribution in [3.05, 3.63) is 25.3 Å². The Morgan fingerprint density at radius 3 is 2.02 bits per heavy atom. The minimum absolute atomic E-state index is 0.0322. The van der Waals surface area contributed by atoms with Gasteiger partial charge in [0.25, 0.3) is 6.43 Å². The molecule has 4 aromatic heterocycles. The molecule has 2 saturated heterocycles.